The van der Waals surface area contributed by atoms with Gasteiger partial charge in [0.05, 0.1) is 11.1 Å². The zero-order chi connectivity index (χ0) is 14.0. The van der Waals surface area contributed by atoms with E-state index in [0.717, 1.165) is 0 Å². The highest BCUT2D eigenvalue weighted by molar-refractivity contribution is 6.29. The second-order valence-corrected chi connectivity index (χ2v) is 4.02. The molecule has 0 saturated carbocycles. The minimum atomic E-state index is -0.571. The Hall–Kier alpha value is -2.48. The summed E-state index contributed by atoms with van der Waals surface area (Å²) in [5.74, 6) is -0.306. The molecular formula is C10H8ClN5O3. The van der Waals surface area contributed by atoms with Crippen molar-refractivity contribution in [3.05, 3.63) is 45.6 Å². The van der Waals surface area contributed by atoms with Gasteiger partial charge in [-0.05, 0) is 0 Å². The minimum absolute atomic E-state index is 0.140. The molecule has 0 saturated heterocycles. The Bertz CT molecular complexity index is 654. The smallest absolute Gasteiger partial charge is 0.287 e. The molecule has 0 bridgehead atoms. The number of aromatic nitrogens is 3. The molecule has 1 amide bonds. The number of hydrogen-bond acceptors (Lipinski definition) is 5. The number of amides is 1. The van der Waals surface area contributed by atoms with Gasteiger partial charge in [0, 0.05) is 19.2 Å². The molecule has 2 aromatic rings. The van der Waals surface area contributed by atoms with E-state index in [1.807, 2.05) is 0 Å². The number of carbonyl (C=O) groups excluding carboxylic acids is 1. The Morgan fingerprint density at radius 2 is 2.21 bits per heavy atom. The van der Waals surface area contributed by atoms with Crippen LogP contribution in [0, 0.1) is 10.1 Å². The summed E-state index contributed by atoms with van der Waals surface area (Å²) in [5.41, 5.74) is -0.0187. The molecule has 2 aromatic heterocycles. The van der Waals surface area contributed by atoms with Crippen molar-refractivity contribution in [2.45, 2.75) is 0 Å². The predicted octanol–water partition coefficient (Wildman–Crippen LogP) is 1.63. The van der Waals surface area contributed by atoms with Crippen LogP contribution in [0.15, 0.2) is 24.7 Å². The van der Waals surface area contributed by atoms with E-state index in [2.05, 4.69) is 15.3 Å². The molecule has 9 heteroatoms. The number of hydrogen-bond donors (Lipinski definition) is 1. The SMILES string of the molecule is Cn1cc([N+](=O)[O-])cc1C(=O)Nc1cc(Cl)ncn1. The van der Waals surface area contributed by atoms with Crippen LogP contribution in [0.2, 0.25) is 5.15 Å². The number of aryl methyl sites for hydroxylation is 1. The number of nitro groups is 1. The average Bonchev–Trinajstić information content (AvgIpc) is 2.71. The van der Waals surface area contributed by atoms with Crippen LogP contribution in [0.1, 0.15) is 10.5 Å². The van der Waals surface area contributed by atoms with Crippen LogP contribution in [0.3, 0.4) is 0 Å². The van der Waals surface area contributed by atoms with Crippen LogP contribution in [0.5, 0.6) is 0 Å². The summed E-state index contributed by atoms with van der Waals surface area (Å²) in [7, 11) is 1.54. The Labute approximate surface area is 112 Å². The second-order valence-electron chi connectivity index (χ2n) is 3.63. The maximum Gasteiger partial charge on any atom is 0.287 e. The van der Waals surface area contributed by atoms with Crippen molar-refractivity contribution in [2.75, 3.05) is 5.32 Å². The van der Waals surface area contributed by atoms with Crippen LogP contribution < -0.4 is 5.32 Å². The van der Waals surface area contributed by atoms with E-state index in [-0.39, 0.29) is 22.4 Å². The van der Waals surface area contributed by atoms with Gasteiger partial charge in [-0.15, -0.1) is 0 Å². The highest BCUT2D eigenvalue weighted by Crippen LogP contribution is 2.16. The molecule has 1 N–H and O–H groups in total. The van der Waals surface area contributed by atoms with Gasteiger partial charge in [0.1, 0.15) is 23.0 Å². The van der Waals surface area contributed by atoms with Gasteiger partial charge in [0.2, 0.25) is 0 Å². The van der Waals surface area contributed by atoms with Crippen LogP contribution in [0.25, 0.3) is 0 Å². The quantitative estimate of drug-likeness (QED) is 0.523. The molecule has 19 heavy (non-hydrogen) atoms. The number of nitrogens with zero attached hydrogens (tertiary/aromatic N) is 4. The average molecular weight is 282 g/mol. The zero-order valence-electron chi connectivity index (χ0n) is 9.70. The van der Waals surface area contributed by atoms with Gasteiger partial charge in [-0.25, -0.2) is 9.97 Å². The number of rotatable bonds is 3. The first kappa shape index (κ1) is 13.0. The number of anilines is 1. The van der Waals surface area contributed by atoms with Gasteiger partial charge >= 0.3 is 0 Å². The normalized spacial score (nSPS) is 10.2. The lowest BCUT2D eigenvalue weighted by atomic mass is 10.4. The summed E-state index contributed by atoms with van der Waals surface area (Å²) >= 11 is 5.65. The fourth-order valence-corrected chi connectivity index (χ4v) is 1.60. The third-order valence-corrected chi connectivity index (χ3v) is 2.52. The Morgan fingerprint density at radius 1 is 1.47 bits per heavy atom. The van der Waals surface area contributed by atoms with E-state index in [9.17, 15) is 14.9 Å². The molecule has 98 valence electrons. The lowest BCUT2D eigenvalue weighted by Gasteiger charge is -2.04. The molecule has 0 aliphatic rings. The van der Waals surface area contributed by atoms with Crippen molar-refractivity contribution >= 4 is 29.0 Å². The van der Waals surface area contributed by atoms with Crippen LogP contribution in [-0.2, 0) is 7.05 Å². The summed E-state index contributed by atoms with van der Waals surface area (Å²) in [6.45, 7) is 0. The van der Waals surface area contributed by atoms with Crippen molar-refractivity contribution in [1.82, 2.24) is 14.5 Å². The van der Waals surface area contributed by atoms with Crippen molar-refractivity contribution < 1.29 is 9.72 Å². The summed E-state index contributed by atoms with van der Waals surface area (Å²) in [6, 6.07) is 2.55. The second kappa shape index (κ2) is 5.02. The number of carbonyl (C=O) groups is 1. The van der Waals surface area contributed by atoms with Crippen LogP contribution >= 0.6 is 11.6 Å². The van der Waals surface area contributed by atoms with E-state index in [4.69, 9.17) is 11.6 Å². The first-order valence-electron chi connectivity index (χ1n) is 5.07. The first-order chi connectivity index (χ1) is 8.97. The molecule has 0 aromatic carbocycles. The number of nitrogens with one attached hydrogen (secondary N) is 1. The minimum Gasteiger partial charge on any atom is -0.340 e. The highest BCUT2D eigenvalue weighted by Gasteiger charge is 2.17. The van der Waals surface area contributed by atoms with Crippen molar-refractivity contribution in [3.63, 3.8) is 0 Å². The molecule has 2 heterocycles. The third kappa shape index (κ3) is 2.86. The van der Waals surface area contributed by atoms with Crippen LogP contribution in [-0.4, -0.2) is 25.4 Å². The maximum atomic E-state index is 11.9. The molecule has 0 fully saturated rings. The molecule has 0 aliphatic heterocycles. The van der Waals surface area contributed by atoms with E-state index in [1.54, 1.807) is 0 Å². The van der Waals surface area contributed by atoms with Crippen molar-refractivity contribution in [2.24, 2.45) is 7.05 Å². The summed E-state index contributed by atoms with van der Waals surface area (Å²) in [4.78, 5) is 29.4. The van der Waals surface area contributed by atoms with E-state index < -0.39 is 10.8 Å². The monoisotopic (exact) mass is 281 g/mol. The van der Waals surface area contributed by atoms with Crippen molar-refractivity contribution in [1.29, 1.82) is 0 Å². The summed E-state index contributed by atoms with van der Waals surface area (Å²) in [5, 5.41) is 13.3. The van der Waals surface area contributed by atoms with Gasteiger partial charge in [0.15, 0.2) is 0 Å². The van der Waals surface area contributed by atoms with Gasteiger partial charge in [-0.3, -0.25) is 14.9 Å². The highest BCUT2D eigenvalue weighted by atomic mass is 35.5. The van der Waals surface area contributed by atoms with E-state index in [1.165, 1.54) is 36.3 Å². The molecule has 0 unspecified atom stereocenters. The molecule has 0 aliphatic carbocycles. The van der Waals surface area contributed by atoms with Gasteiger partial charge in [-0.1, -0.05) is 11.6 Å². The largest absolute Gasteiger partial charge is 0.340 e. The summed E-state index contributed by atoms with van der Waals surface area (Å²) < 4.78 is 1.36. The molecule has 2 rings (SSSR count). The van der Waals surface area contributed by atoms with Gasteiger partial charge in [0.25, 0.3) is 11.6 Å². The van der Waals surface area contributed by atoms with Crippen LogP contribution in [0.4, 0.5) is 11.5 Å². The molecule has 8 nitrogen and oxygen atoms in total. The maximum absolute atomic E-state index is 11.9. The van der Waals surface area contributed by atoms with E-state index in [0.29, 0.717) is 0 Å². The molecule has 0 radical (unpaired) electrons. The van der Waals surface area contributed by atoms with E-state index >= 15 is 0 Å². The fraction of sp³-hybridized carbons (Fsp3) is 0.100. The Morgan fingerprint density at radius 3 is 2.79 bits per heavy atom. The lowest BCUT2D eigenvalue weighted by molar-refractivity contribution is -0.384. The van der Waals surface area contributed by atoms with Gasteiger partial charge < -0.3 is 9.88 Å². The summed E-state index contributed by atoms with van der Waals surface area (Å²) in [6.07, 6.45) is 2.45. The molecule has 0 atom stereocenters. The Kier molecular flexibility index (Phi) is 3.43. The topological polar surface area (TPSA) is 103 Å². The fourth-order valence-electron chi connectivity index (χ4n) is 1.45. The predicted molar refractivity (Wildman–Crippen MR) is 67.1 cm³/mol. The Balaban J connectivity index is 2.23. The first-order valence-corrected chi connectivity index (χ1v) is 5.45. The third-order valence-electron chi connectivity index (χ3n) is 2.31. The molecular weight excluding hydrogens is 274 g/mol. The number of halogens is 1. The zero-order valence-corrected chi connectivity index (χ0v) is 10.5. The lowest BCUT2D eigenvalue weighted by Crippen LogP contribution is -2.16. The van der Waals surface area contributed by atoms with Crippen molar-refractivity contribution in [3.8, 4) is 0 Å². The standard InChI is InChI=1S/C10H8ClN5O3/c1-15-4-6(16(18)19)2-7(15)10(17)14-9-3-8(11)12-5-13-9/h2-5H,1H3,(H,12,13,14,17). The van der Waals surface area contributed by atoms with Gasteiger partial charge in [-0.2, -0.15) is 0 Å². The molecule has 0 spiro atoms.